The maximum absolute atomic E-state index is 10.6. The molecule has 3 heteroatoms. The van der Waals surface area contributed by atoms with Gasteiger partial charge in [0.2, 0.25) is 0 Å². The predicted molar refractivity (Wildman–Crippen MR) is 36.4 cm³/mol. The molecule has 0 spiro atoms. The van der Waals surface area contributed by atoms with Gasteiger partial charge in [0.1, 0.15) is 0 Å². The normalized spacial score (nSPS) is 10.3. The van der Waals surface area contributed by atoms with Crippen LogP contribution in [0.3, 0.4) is 0 Å². The highest BCUT2D eigenvalue weighted by Crippen LogP contribution is 1.92. The number of methoxy groups -OCH3 is 1. The highest BCUT2D eigenvalue weighted by molar-refractivity contribution is 6.07. The summed E-state index contributed by atoms with van der Waals surface area (Å²) in [5.41, 5.74) is -0.0301. The van der Waals surface area contributed by atoms with E-state index in [2.05, 4.69) is 11.3 Å². The van der Waals surface area contributed by atoms with Gasteiger partial charge in [0.05, 0.1) is 12.7 Å². The van der Waals surface area contributed by atoms with E-state index in [1.54, 1.807) is 0 Å². The summed E-state index contributed by atoms with van der Waals surface area (Å²) in [6.07, 6.45) is 3.06. The number of hydrogen-bond acceptors (Lipinski definition) is 3. The predicted octanol–water partition coefficient (Wildman–Crippen LogP) is 0.471. The Bertz CT molecular complexity index is 179. The number of rotatable bonds is 3. The van der Waals surface area contributed by atoms with Crippen molar-refractivity contribution in [1.29, 1.82) is 0 Å². The Balaban J connectivity index is 4.34. The van der Waals surface area contributed by atoms with Gasteiger partial charge < -0.3 is 4.74 Å². The van der Waals surface area contributed by atoms with Crippen LogP contribution in [0.25, 0.3) is 0 Å². The van der Waals surface area contributed by atoms with Gasteiger partial charge in [-0.25, -0.2) is 4.79 Å². The number of hydrogen-bond donors (Lipinski definition) is 0. The summed E-state index contributed by atoms with van der Waals surface area (Å²) in [6, 6.07) is 0. The van der Waals surface area contributed by atoms with E-state index in [0.717, 1.165) is 0 Å². The van der Waals surface area contributed by atoms with Gasteiger partial charge in [0.15, 0.2) is 6.29 Å². The number of ether oxygens (including phenoxy) is 1. The molecule has 54 valence electrons. The van der Waals surface area contributed by atoms with Crippen LogP contribution in [0.2, 0.25) is 0 Å². The van der Waals surface area contributed by atoms with Crippen molar-refractivity contribution in [3.8, 4) is 0 Å². The fraction of sp³-hybridized carbons (Fsp3) is 0.143. The molecule has 0 fully saturated rings. The third-order valence-corrected chi connectivity index (χ3v) is 0.845. The molecule has 0 aromatic rings. The van der Waals surface area contributed by atoms with E-state index in [1.807, 2.05) is 0 Å². The minimum Gasteiger partial charge on any atom is -0.465 e. The molecule has 10 heavy (non-hydrogen) atoms. The molecular formula is C7H8O3. The Morgan fingerprint density at radius 3 is 2.50 bits per heavy atom. The minimum atomic E-state index is -0.644. The highest BCUT2D eigenvalue weighted by atomic mass is 16.5. The quantitative estimate of drug-likeness (QED) is 0.143. The van der Waals surface area contributed by atoms with Gasteiger partial charge in [-0.1, -0.05) is 12.7 Å². The molecule has 0 rings (SSSR count). The van der Waals surface area contributed by atoms with Gasteiger partial charge >= 0.3 is 5.97 Å². The summed E-state index contributed by atoms with van der Waals surface area (Å²) >= 11 is 0. The Labute approximate surface area is 59.0 Å². The largest absolute Gasteiger partial charge is 0.465 e. The zero-order valence-electron chi connectivity index (χ0n) is 5.66. The molecule has 0 aromatic carbocycles. The van der Waals surface area contributed by atoms with E-state index >= 15 is 0 Å². The van der Waals surface area contributed by atoms with E-state index in [4.69, 9.17) is 0 Å². The van der Waals surface area contributed by atoms with Crippen LogP contribution < -0.4 is 0 Å². The Kier molecular flexibility index (Phi) is 3.87. The number of esters is 1. The van der Waals surface area contributed by atoms with E-state index in [-0.39, 0.29) is 5.57 Å². The molecule has 0 radical (unpaired) electrons. The Hall–Kier alpha value is -1.38. The van der Waals surface area contributed by atoms with Crippen molar-refractivity contribution in [3.63, 3.8) is 0 Å². The SMILES string of the molecule is C=C/C=C(\C=O)C(=O)OC. The smallest absolute Gasteiger partial charge is 0.341 e. The van der Waals surface area contributed by atoms with Crippen LogP contribution in [0, 0.1) is 0 Å². The number of carbonyl (C=O) groups excluding carboxylic acids is 2. The first kappa shape index (κ1) is 8.62. The van der Waals surface area contributed by atoms with E-state index < -0.39 is 5.97 Å². The van der Waals surface area contributed by atoms with Crippen LogP contribution in [0.1, 0.15) is 0 Å². The van der Waals surface area contributed by atoms with Crippen LogP contribution in [0.15, 0.2) is 24.3 Å². The minimum absolute atomic E-state index is 0.0301. The molecule has 0 N–H and O–H groups in total. The second kappa shape index (κ2) is 4.49. The lowest BCUT2D eigenvalue weighted by atomic mass is 10.3. The fourth-order valence-electron chi connectivity index (χ4n) is 0.400. The zero-order chi connectivity index (χ0) is 7.98. The van der Waals surface area contributed by atoms with Gasteiger partial charge in [-0.15, -0.1) is 0 Å². The van der Waals surface area contributed by atoms with Crippen molar-refractivity contribution >= 4 is 12.3 Å². The maximum atomic E-state index is 10.6. The molecule has 0 amide bonds. The highest BCUT2D eigenvalue weighted by Gasteiger charge is 2.04. The Morgan fingerprint density at radius 2 is 2.20 bits per heavy atom. The first-order chi connectivity index (χ1) is 4.76. The number of carbonyl (C=O) groups is 2. The number of aldehydes is 1. The van der Waals surface area contributed by atoms with Crippen LogP contribution in [-0.2, 0) is 14.3 Å². The Morgan fingerprint density at radius 1 is 1.60 bits per heavy atom. The molecule has 0 unspecified atom stereocenters. The number of allylic oxidation sites excluding steroid dienone is 2. The third-order valence-electron chi connectivity index (χ3n) is 0.845. The summed E-state index contributed by atoms with van der Waals surface area (Å²) in [4.78, 5) is 20.6. The van der Waals surface area contributed by atoms with Gasteiger partial charge in [0, 0.05) is 0 Å². The first-order valence-corrected chi connectivity index (χ1v) is 2.62. The van der Waals surface area contributed by atoms with Crippen molar-refractivity contribution in [2.24, 2.45) is 0 Å². The topological polar surface area (TPSA) is 43.4 Å². The van der Waals surface area contributed by atoms with Crippen molar-refractivity contribution in [3.05, 3.63) is 24.3 Å². The average Bonchev–Trinajstić information content (AvgIpc) is 1.99. The van der Waals surface area contributed by atoms with Gasteiger partial charge in [-0.2, -0.15) is 0 Å². The molecule has 0 aliphatic carbocycles. The van der Waals surface area contributed by atoms with Crippen LogP contribution in [0.5, 0.6) is 0 Å². The first-order valence-electron chi connectivity index (χ1n) is 2.62. The molecule has 0 heterocycles. The lowest BCUT2D eigenvalue weighted by Crippen LogP contribution is -2.04. The fourth-order valence-corrected chi connectivity index (χ4v) is 0.400. The molecule has 0 saturated carbocycles. The molecule has 0 atom stereocenters. The summed E-state index contributed by atoms with van der Waals surface area (Å²) in [5.74, 6) is -0.644. The average molecular weight is 140 g/mol. The van der Waals surface area contributed by atoms with Crippen LogP contribution in [0.4, 0.5) is 0 Å². The van der Waals surface area contributed by atoms with Crippen molar-refractivity contribution in [2.45, 2.75) is 0 Å². The molecule has 0 aromatic heterocycles. The molecule has 0 bridgehead atoms. The summed E-state index contributed by atoms with van der Waals surface area (Å²) in [6.45, 7) is 3.32. The van der Waals surface area contributed by atoms with Crippen molar-refractivity contribution < 1.29 is 14.3 Å². The second-order valence-electron chi connectivity index (χ2n) is 1.47. The summed E-state index contributed by atoms with van der Waals surface area (Å²) in [5, 5.41) is 0. The maximum Gasteiger partial charge on any atom is 0.341 e. The molecule has 3 nitrogen and oxygen atoms in total. The monoisotopic (exact) mass is 140 g/mol. The van der Waals surface area contributed by atoms with Crippen molar-refractivity contribution in [2.75, 3.05) is 7.11 Å². The molecule has 0 aliphatic rings. The summed E-state index contributed by atoms with van der Waals surface area (Å²) < 4.78 is 4.27. The van der Waals surface area contributed by atoms with Gasteiger partial charge in [0.25, 0.3) is 0 Å². The third kappa shape index (κ3) is 2.26. The van der Waals surface area contributed by atoms with E-state index in [0.29, 0.717) is 6.29 Å². The summed E-state index contributed by atoms with van der Waals surface area (Å²) in [7, 11) is 1.21. The molecular weight excluding hydrogens is 132 g/mol. The lowest BCUT2D eigenvalue weighted by Gasteiger charge is -1.93. The second-order valence-corrected chi connectivity index (χ2v) is 1.47. The molecule has 0 aliphatic heterocycles. The van der Waals surface area contributed by atoms with E-state index in [1.165, 1.54) is 19.3 Å². The van der Waals surface area contributed by atoms with Crippen molar-refractivity contribution in [1.82, 2.24) is 0 Å². The van der Waals surface area contributed by atoms with Crippen LogP contribution in [-0.4, -0.2) is 19.4 Å². The van der Waals surface area contributed by atoms with E-state index in [9.17, 15) is 9.59 Å². The van der Waals surface area contributed by atoms with Gasteiger partial charge in [-0.05, 0) is 6.08 Å². The zero-order valence-corrected chi connectivity index (χ0v) is 5.66. The lowest BCUT2D eigenvalue weighted by molar-refractivity contribution is -0.136. The van der Waals surface area contributed by atoms with Gasteiger partial charge in [-0.3, -0.25) is 4.79 Å². The molecule has 0 saturated heterocycles. The standard InChI is InChI=1S/C7H8O3/c1-3-4-6(5-8)7(9)10-2/h3-5H,1H2,2H3/b6-4+. The van der Waals surface area contributed by atoms with Crippen LogP contribution >= 0.6 is 0 Å².